The van der Waals surface area contributed by atoms with Gasteiger partial charge in [0.05, 0.1) is 0 Å². The van der Waals surface area contributed by atoms with Gasteiger partial charge in [0, 0.05) is 49.7 Å². The van der Waals surface area contributed by atoms with Gasteiger partial charge in [-0.15, -0.1) is 0 Å². The Bertz CT molecular complexity index is 581. The van der Waals surface area contributed by atoms with Gasteiger partial charge >= 0.3 is 0 Å². The molecule has 0 bridgehead atoms. The summed E-state index contributed by atoms with van der Waals surface area (Å²) in [6, 6.07) is 8.46. The van der Waals surface area contributed by atoms with Crippen molar-refractivity contribution in [3.63, 3.8) is 0 Å². The van der Waals surface area contributed by atoms with Crippen molar-refractivity contribution < 1.29 is 4.79 Å². The first-order chi connectivity index (χ1) is 10.3. The average molecular weight is 285 g/mol. The number of carbonyl (C=O) groups is 1. The van der Waals surface area contributed by atoms with Crippen molar-refractivity contribution in [2.45, 2.75) is 12.8 Å². The smallest absolute Gasteiger partial charge is 0.222 e. The molecule has 1 aromatic rings. The molecule has 6 heteroatoms. The second-order valence-corrected chi connectivity index (χ2v) is 5.69. The quantitative estimate of drug-likeness (QED) is 0.472. The molecule has 110 valence electrons. The van der Waals surface area contributed by atoms with Crippen molar-refractivity contribution in [3.8, 4) is 0 Å². The number of amides is 1. The number of hydrogen-bond donors (Lipinski definition) is 0. The summed E-state index contributed by atoms with van der Waals surface area (Å²) in [5.74, 6) is 0.361. The fourth-order valence-corrected chi connectivity index (χ4v) is 3.22. The van der Waals surface area contributed by atoms with Crippen LogP contribution in [0.15, 0.2) is 29.4 Å². The molecule has 0 aromatic heterocycles. The zero-order chi connectivity index (χ0) is 14.7. The number of carbonyl (C=O) groups excluding carboxylic acids is 1. The number of para-hydroxylation sites is 1. The normalized spacial score (nSPS) is 20.6. The minimum atomic E-state index is 0.180. The zero-order valence-electron chi connectivity index (χ0n) is 12.0. The summed E-state index contributed by atoms with van der Waals surface area (Å²) in [4.78, 5) is 19.0. The predicted molar refractivity (Wildman–Crippen MR) is 81.1 cm³/mol. The Morgan fingerprint density at radius 2 is 2.10 bits per heavy atom. The molecule has 0 N–H and O–H groups in total. The molecule has 6 nitrogen and oxygen atoms in total. The first kappa shape index (κ1) is 13.8. The summed E-state index contributed by atoms with van der Waals surface area (Å²) in [5, 5.41) is 3.58. The van der Waals surface area contributed by atoms with Crippen LogP contribution in [0.2, 0.25) is 0 Å². The van der Waals surface area contributed by atoms with Gasteiger partial charge in [0.1, 0.15) is 0 Å². The van der Waals surface area contributed by atoms with Gasteiger partial charge in [0.2, 0.25) is 5.91 Å². The van der Waals surface area contributed by atoms with Crippen LogP contribution in [-0.2, 0) is 11.2 Å². The molecule has 0 aliphatic carbocycles. The largest absolute Gasteiger partial charge is 0.369 e. The number of azide groups is 1. The van der Waals surface area contributed by atoms with Gasteiger partial charge in [-0.25, -0.2) is 0 Å². The Hall–Kier alpha value is -2.20. The molecule has 1 fully saturated rings. The second kappa shape index (κ2) is 6.06. The zero-order valence-corrected chi connectivity index (χ0v) is 12.0. The highest BCUT2D eigenvalue weighted by molar-refractivity contribution is 5.78. The van der Waals surface area contributed by atoms with E-state index in [1.807, 2.05) is 4.90 Å². The molecule has 2 aliphatic rings. The maximum atomic E-state index is 12.0. The Morgan fingerprint density at radius 1 is 1.29 bits per heavy atom. The molecule has 2 heterocycles. The van der Waals surface area contributed by atoms with Gasteiger partial charge in [-0.1, -0.05) is 23.3 Å². The molecule has 1 saturated heterocycles. The van der Waals surface area contributed by atoms with Crippen molar-refractivity contribution in [1.82, 2.24) is 4.90 Å². The molecule has 2 aliphatic heterocycles. The van der Waals surface area contributed by atoms with E-state index >= 15 is 0 Å². The van der Waals surface area contributed by atoms with Crippen LogP contribution in [0.25, 0.3) is 10.4 Å². The van der Waals surface area contributed by atoms with Crippen LogP contribution in [0.5, 0.6) is 0 Å². The van der Waals surface area contributed by atoms with Crippen LogP contribution < -0.4 is 4.90 Å². The Balaban J connectivity index is 1.54. The lowest BCUT2D eigenvalue weighted by Gasteiger charge is -2.23. The number of rotatable bonds is 5. The van der Waals surface area contributed by atoms with E-state index in [9.17, 15) is 4.79 Å². The van der Waals surface area contributed by atoms with Crippen molar-refractivity contribution >= 4 is 11.6 Å². The van der Waals surface area contributed by atoms with Gasteiger partial charge < -0.3 is 9.80 Å². The van der Waals surface area contributed by atoms with Crippen molar-refractivity contribution in [1.29, 1.82) is 0 Å². The summed E-state index contributed by atoms with van der Waals surface area (Å²) >= 11 is 0. The van der Waals surface area contributed by atoms with Crippen LogP contribution in [0.3, 0.4) is 0 Å². The third-order valence-electron chi connectivity index (χ3n) is 4.32. The number of benzene rings is 1. The third kappa shape index (κ3) is 2.95. The van der Waals surface area contributed by atoms with E-state index < -0.39 is 0 Å². The highest BCUT2D eigenvalue weighted by Gasteiger charge is 2.29. The van der Waals surface area contributed by atoms with Crippen LogP contribution in [0, 0.1) is 5.92 Å². The fraction of sp³-hybridized carbons (Fsp3) is 0.533. The molecular formula is C15H19N5O. The van der Waals surface area contributed by atoms with Gasteiger partial charge in [-0.05, 0) is 29.5 Å². The number of anilines is 1. The van der Waals surface area contributed by atoms with Crippen molar-refractivity contribution in [2.24, 2.45) is 11.0 Å². The molecule has 0 radical (unpaired) electrons. The maximum absolute atomic E-state index is 12.0. The number of fused-ring (bicyclic) bond motifs is 1. The summed E-state index contributed by atoms with van der Waals surface area (Å²) in [5.41, 5.74) is 11.0. The Morgan fingerprint density at radius 3 is 2.95 bits per heavy atom. The SMILES string of the molecule is [N-]=[N+]=NCC1CC(=O)N(CCN2CCc3ccccc32)C1. The minimum Gasteiger partial charge on any atom is -0.369 e. The first-order valence-electron chi connectivity index (χ1n) is 7.39. The van der Waals surface area contributed by atoms with E-state index in [4.69, 9.17) is 5.53 Å². The van der Waals surface area contributed by atoms with E-state index in [-0.39, 0.29) is 11.8 Å². The topological polar surface area (TPSA) is 72.3 Å². The standard InChI is InChI=1S/C15H19N5O/c16-18-17-10-12-9-15(21)20(11-12)8-7-19-6-5-13-3-1-2-4-14(13)19/h1-4,12H,5-11H2. The number of hydrogen-bond acceptors (Lipinski definition) is 3. The molecule has 1 unspecified atom stereocenters. The van der Waals surface area contributed by atoms with E-state index in [0.29, 0.717) is 19.5 Å². The highest BCUT2D eigenvalue weighted by atomic mass is 16.2. The van der Waals surface area contributed by atoms with Crippen LogP contribution in [-0.4, -0.2) is 43.5 Å². The molecular weight excluding hydrogens is 266 g/mol. The number of likely N-dealkylation sites (tertiary alicyclic amines) is 1. The lowest BCUT2D eigenvalue weighted by molar-refractivity contribution is -0.127. The molecule has 21 heavy (non-hydrogen) atoms. The minimum absolute atomic E-state index is 0.180. The van der Waals surface area contributed by atoms with E-state index in [1.54, 1.807) is 0 Å². The predicted octanol–water partition coefficient (Wildman–Crippen LogP) is 2.21. The monoisotopic (exact) mass is 285 g/mol. The third-order valence-corrected chi connectivity index (χ3v) is 4.32. The highest BCUT2D eigenvalue weighted by Crippen LogP contribution is 2.27. The Labute approximate surface area is 124 Å². The average Bonchev–Trinajstić information content (AvgIpc) is 3.06. The fourth-order valence-electron chi connectivity index (χ4n) is 3.22. The molecule has 3 rings (SSSR count). The summed E-state index contributed by atoms with van der Waals surface area (Å²) in [6.07, 6.45) is 1.60. The molecule has 1 amide bonds. The summed E-state index contributed by atoms with van der Waals surface area (Å²) in [6.45, 7) is 3.79. The van der Waals surface area contributed by atoms with E-state index in [2.05, 4.69) is 39.2 Å². The molecule has 0 spiro atoms. The molecule has 1 atom stereocenters. The van der Waals surface area contributed by atoms with Crippen LogP contribution in [0.4, 0.5) is 5.69 Å². The second-order valence-electron chi connectivity index (χ2n) is 5.69. The van der Waals surface area contributed by atoms with Gasteiger partial charge in [-0.2, -0.15) is 0 Å². The van der Waals surface area contributed by atoms with E-state index in [1.165, 1.54) is 11.3 Å². The Kier molecular flexibility index (Phi) is 3.97. The van der Waals surface area contributed by atoms with Crippen molar-refractivity contribution in [2.75, 3.05) is 37.6 Å². The maximum Gasteiger partial charge on any atom is 0.222 e. The van der Waals surface area contributed by atoms with Gasteiger partial charge in [0.25, 0.3) is 0 Å². The van der Waals surface area contributed by atoms with Gasteiger partial charge in [-0.3, -0.25) is 4.79 Å². The van der Waals surface area contributed by atoms with Crippen LogP contribution >= 0.6 is 0 Å². The molecule has 1 aromatic carbocycles. The van der Waals surface area contributed by atoms with Crippen LogP contribution in [0.1, 0.15) is 12.0 Å². The molecule has 0 saturated carbocycles. The van der Waals surface area contributed by atoms with E-state index in [0.717, 1.165) is 26.1 Å². The van der Waals surface area contributed by atoms with Crippen molar-refractivity contribution in [3.05, 3.63) is 40.3 Å². The summed E-state index contributed by atoms with van der Waals surface area (Å²) in [7, 11) is 0. The summed E-state index contributed by atoms with van der Waals surface area (Å²) < 4.78 is 0. The first-order valence-corrected chi connectivity index (χ1v) is 7.39. The number of nitrogens with zero attached hydrogens (tertiary/aromatic N) is 5. The van der Waals surface area contributed by atoms with Gasteiger partial charge in [0.15, 0.2) is 0 Å². The lowest BCUT2D eigenvalue weighted by Crippen LogP contribution is -2.35. The lowest BCUT2D eigenvalue weighted by atomic mass is 10.1.